The molecule has 28 heavy (non-hydrogen) atoms. The van der Waals surface area contributed by atoms with Gasteiger partial charge in [0.05, 0.1) is 23.2 Å². The van der Waals surface area contributed by atoms with Crippen LogP contribution in [0.15, 0.2) is 54.9 Å². The second-order valence-corrected chi connectivity index (χ2v) is 7.62. The highest BCUT2D eigenvalue weighted by molar-refractivity contribution is 6.04. The first-order chi connectivity index (χ1) is 13.7. The molecule has 3 N–H and O–H groups in total. The van der Waals surface area contributed by atoms with Gasteiger partial charge in [0.2, 0.25) is 0 Å². The number of aromatic nitrogens is 2. The number of piperidine rings is 1. The Kier molecular flexibility index (Phi) is 4.10. The summed E-state index contributed by atoms with van der Waals surface area (Å²) in [4.78, 5) is 21.7. The number of amides is 1. The summed E-state index contributed by atoms with van der Waals surface area (Å²) in [5, 5.41) is 17.8. The van der Waals surface area contributed by atoms with Crippen LogP contribution in [0.2, 0.25) is 0 Å². The third-order valence-electron chi connectivity index (χ3n) is 6.24. The summed E-state index contributed by atoms with van der Waals surface area (Å²) in [5.74, 6) is -0.240. The van der Waals surface area contributed by atoms with Crippen LogP contribution in [0.3, 0.4) is 0 Å². The molecule has 1 amide bonds. The number of nitrogens with zero attached hydrogens (tertiary/aromatic N) is 2. The first-order valence-corrected chi connectivity index (χ1v) is 9.69. The normalized spacial score (nSPS) is 22.9. The Labute approximate surface area is 163 Å². The number of benzene rings is 2. The van der Waals surface area contributed by atoms with Crippen LogP contribution in [0.25, 0.3) is 11.0 Å². The fourth-order valence-electron chi connectivity index (χ4n) is 4.86. The predicted molar refractivity (Wildman–Crippen MR) is 106 cm³/mol. The van der Waals surface area contributed by atoms with E-state index in [1.807, 2.05) is 24.3 Å². The molecule has 2 aromatic carbocycles. The van der Waals surface area contributed by atoms with E-state index in [9.17, 15) is 9.90 Å². The zero-order valence-corrected chi connectivity index (χ0v) is 15.4. The van der Waals surface area contributed by atoms with Crippen molar-refractivity contribution in [2.24, 2.45) is 0 Å². The van der Waals surface area contributed by atoms with Crippen LogP contribution in [0, 0.1) is 0 Å². The van der Waals surface area contributed by atoms with E-state index >= 15 is 0 Å². The topological polar surface area (TPSA) is 87.1 Å². The molecule has 0 radical (unpaired) electrons. The fourth-order valence-corrected chi connectivity index (χ4v) is 4.86. The lowest BCUT2D eigenvalue weighted by atomic mass is 9.72. The molecular formula is C22H22N4O2. The Hall–Kier alpha value is -2.83. The van der Waals surface area contributed by atoms with Crippen LogP contribution in [0.4, 0.5) is 0 Å². The van der Waals surface area contributed by atoms with Gasteiger partial charge in [-0.1, -0.05) is 30.3 Å². The smallest absolute Gasteiger partial charge is 0.254 e. The van der Waals surface area contributed by atoms with E-state index < -0.39 is 12.1 Å². The van der Waals surface area contributed by atoms with Gasteiger partial charge in [0.15, 0.2) is 0 Å². The summed E-state index contributed by atoms with van der Waals surface area (Å²) >= 11 is 0. The minimum absolute atomic E-state index is 0.240. The summed E-state index contributed by atoms with van der Waals surface area (Å²) < 4.78 is 0. The Morgan fingerprint density at radius 1 is 1.07 bits per heavy atom. The van der Waals surface area contributed by atoms with Gasteiger partial charge in [-0.3, -0.25) is 14.8 Å². The van der Waals surface area contributed by atoms with Gasteiger partial charge in [0.25, 0.3) is 5.91 Å². The summed E-state index contributed by atoms with van der Waals surface area (Å²) in [6.07, 6.45) is 4.26. The molecule has 2 atom stereocenters. The second kappa shape index (κ2) is 6.65. The highest BCUT2D eigenvalue weighted by Gasteiger charge is 2.52. The summed E-state index contributed by atoms with van der Waals surface area (Å²) in [6, 6.07) is 13.0. The maximum atomic E-state index is 13.1. The van der Waals surface area contributed by atoms with E-state index in [0.29, 0.717) is 16.6 Å². The van der Waals surface area contributed by atoms with Crippen molar-refractivity contribution in [2.75, 3.05) is 13.1 Å². The van der Waals surface area contributed by atoms with Crippen molar-refractivity contribution < 1.29 is 9.90 Å². The van der Waals surface area contributed by atoms with E-state index in [0.717, 1.165) is 37.1 Å². The average Bonchev–Trinajstić information content (AvgIpc) is 2.97. The molecule has 1 fully saturated rings. The quantitative estimate of drug-likeness (QED) is 0.639. The van der Waals surface area contributed by atoms with Gasteiger partial charge in [0.1, 0.15) is 5.52 Å². The number of para-hydroxylation sites is 1. The summed E-state index contributed by atoms with van der Waals surface area (Å²) in [6.45, 7) is 1.73. The number of carbonyl (C=O) groups is 1. The van der Waals surface area contributed by atoms with Crippen molar-refractivity contribution in [1.29, 1.82) is 0 Å². The summed E-state index contributed by atoms with van der Waals surface area (Å²) in [7, 11) is 0. The Bertz CT molecular complexity index is 1040. The van der Waals surface area contributed by atoms with Gasteiger partial charge in [-0.05, 0) is 49.2 Å². The van der Waals surface area contributed by atoms with E-state index in [4.69, 9.17) is 0 Å². The largest absolute Gasteiger partial charge is 0.390 e. The Morgan fingerprint density at radius 2 is 1.86 bits per heavy atom. The molecule has 5 rings (SSSR count). The standard InChI is InChI=1S/C22H22N4O2/c27-20-19(14-4-1-2-6-16(14)22(20)8-10-23-11-9-22)26-21(28)15-5-3-7-17-18(15)25-13-12-24-17/h1-7,12-13,19-20,23,27H,8-11H2,(H,26,28)/t19-,20+/m1/s1. The van der Waals surface area contributed by atoms with Crippen molar-refractivity contribution in [2.45, 2.75) is 30.4 Å². The van der Waals surface area contributed by atoms with Crippen molar-refractivity contribution in [3.63, 3.8) is 0 Å². The molecule has 1 spiro atoms. The van der Waals surface area contributed by atoms with Gasteiger partial charge >= 0.3 is 0 Å². The lowest BCUT2D eigenvalue weighted by molar-refractivity contribution is 0.0418. The van der Waals surface area contributed by atoms with Crippen molar-refractivity contribution in [3.8, 4) is 0 Å². The minimum Gasteiger partial charge on any atom is -0.390 e. The predicted octanol–water partition coefficient (Wildman–Crippen LogP) is 2.10. The highest BCUT2D eigenvalue weighted by Crippen LogP contribution is 2.50. The van der Waals surface area contributed by atoms with Crippen LogP contribution in [-0.2, 0) is 5.41 Å². The first kappa shape index (κ1) is 17.3. The minimum atomic E-state index is -0.656. The lowest BCUT2D eigenvalue weighted by Gasteiger charge is -2.38. The summed E-state index contributed by atoms with van der Waals surface area (Å²) in [5.41, 5.74) is 3.58. The first-order valence-electron chi connectivity index (χ1n) is 9.69. The number of hydrogen-bond acceptors (Lipinski definition) is 5. The number of rotatable bonds is 2. The maximum absolute atomic E-state index is 13.1. The molecule has 2 aliphatic rings. The molecule has 0 unspecified atom stereocenters. The Balaban J connectivity index is 1.52. The molecule has 6 heteroatoms. The molecular weight excluding hydrogens is 352 g/mol. The zero-order chi connectivity index (χ0) is 19.1. The lowest BCUT2D eigenvalue weighted by Crippen LogP contribution is -2.48. The van der Waals surface area contributed by atoms with Crippen LogP contribution >= 0.6 is 0 Å². The fraction of sp³-hybridized carbons (Fsp3) is 0.318. The van der Waals surface area contributed by atoms with Crippen molar-refractivity contribution >= 4 is 16.9 Å². The number of nitrogens with one attached hydrogen (secondary N) is 2. The molecule has 6 nitrogen and oxygen atoms in total. The van der Waals surface area contributed by atoms with E-state index in [1.54, 1.807) is 24.5 Å². The number of carbonyl (C=O) groups excluding carboxylic acids is 1. The molecule has 1 aliphatic carbocycles. The van der Waals surface area contributed by atoms with Crippen LogP contribution in [0.1, 0.15) is 40.4 Å². The molecule has 2 heterocycles. The molecule has 142 valence electrons. The maximum Gasteiger partial charge on any atom is 0.254 e. The zero-order valence-electron chi connectivity index (χ0n) is 15.4. The molecule has 1 saturated heterocycles. The van der Waals surface area contributed by atoms with E-state index in [-0.39, 0.29) is 11.3 Å². The van der Waals surface area contributed by atoms with Gasteiger partial charge < -0.3 is 15.7 Å². The van der Waals surface area contributed by atoms with Crippen LogP contribution in [-0.4, -0.2) is 40.2 Å². The van der Waals surface area contributed by atoms with Gasteiger partial charge in [-0.25, -0.2) is 0 Å². The molecule has 0 bridgehead atoms. The van der Waals surface area contributed by atoms with Crippen molar-refractivity contribution in [3.05, 3.63) is 71.5 Å². The van der Waals surface area contributed by atoms with Crippen LogP contribution < -0.4 is 10.6 Å². The molecule has 0 saturated carbocycles. The Morgan fingerprint density at radius 3 is 2.71 bits per heavy atom. The monoisotopic (exact) mass is 374 g/mol. The highest BCUT2D eigenvalue weighted by atomic mass is 16.3. The number of hydrogen-bond donors (Lipinski definition) is 3. The van der Waals surface area contributed by atoms with Gasteiger partial charge in [-0.15, -0.1) is 0 Å². The van der Waals surface area contributed by atoms with Crippen molar-refractivity contribution in [1.82, 2.24) is 20.6 Å². The molecule has 1 aliphatic heterocycles. The molecule has 3 aromatic rings. The number of fused-ring (bicyclic) bond motifs is 3. The van der Waals surface area contributed by atoms with E-state index in [1.165, 1.54) is 0 Å². The average molecular weight is 374 g/mol. The van der Waals surface area contributed by atoms with Crippen LogP contribution in [0.5, 0.6) is 0 Å². The number of aliphatic hydroxyl groups is 1. The van der Waals surface area contributed by atoms with E-state index in [2.05, 4.69) is 26.7 Å². The third kappa shape index (κ3) is 2.52. The van der Waals surface area contributed by atoms with Gasteiger partial charge in [-0.2, -0.15) is 0 Å². The third-order valence-corrected chi connectivity index (χ3v) is 6.24. The number of aliphatic hydroxyl groups excluding tert-OH is 1. The second-order valence-electron chi connectivity index (χ2n) is 7.62. The SMILES string of the molecule is O=C(N[C@@H]1c2ccccc2C2(CCNCC2)[C@H]1O)c1cccc2nccnc12. The molecule has 1 aromatic heterocycles. The van der Waals surface area contributed by atoms with Gasteiger partial charge in [0, 0.05) is 17.8 Å².